The summed E-state index contributed by atoms with van der Waals surface area (Å²) in [6.07, 6.45) is 5.13. The summed E-state index contributed by atoms with van der Waals surface area (Å²) >= 11 is 0. The minimum absolute atomic E-state index is 0.347. The van der Waals surface area contributed by atoms with E-state index in [9.17, 15) is 5.26 Å². The van der Waals surface area contributed by atoms with E-state index >= 15 is 0 Å². The average molecular weight is 362 g/mol. The number of fused-ring (bicyclic) bond motifs is 2. The van der Waals surface area contributed by atoms with Gasteiger partial charge in [-0.1, -0.05) is 24.3 Å². The van der Waals surface area contributed by atoms with Gasteiger partial charge in [0.05, 0.1) is 31.4 Å². The highest BCUT2D eigenvalue weighted by Crippen LogP contribution is 2.49. The van der Waals surface area contributed by atoms with Crippen LogP contribution >= 0.6 is 0 Å². The smallest absolute Gasteiger partial charge is 0.142 e. The second-order valence-corrected chi connectivity index (χ2v) is 7.65. The molecule has 2 unspecified atom stereocenters. The number of nitriles is 1. The van der Waals surface area contributed by atoms with E-state index in [-0.39, 0.29) is 0 Å². The van der Waals surface area contributed by atoms with Gasteiger partial charge in [0.15, 0.2) is 0 Å². The number of para-hydroxylation sites is 2. The largest absolute Gasteiger partial charge is 0.497 e. The first-order valence-electron chi connectivity index (χ1n) is 9.68. The maximum absolute atomic E-state index is 10.2. The number of rotatable bonds is 4. The standard InChI is InChI=1S/C23H26N2O2/c1-26-20-10-5-7-17(13-20)23(16-24)14-18-8-6-9-19(15-23)25(18)21-11-3-4-12-22(21)27-2/h3-5,7,10-13,18-19H,6,8-9,14-15H2,1-2H3. The van der Waals surface area contributed by atoms with Crippen LogP contribution in [0, 0.1) is 11.3 Å². The van der Waals surface area contributed by atoms with E-state index in [2.05, 4.69) is 29.2 Å². The zero-order valence-electron chi connectivity index (χ0n) is 16.0. The SMILES string of the molecule is COc1cccc(C2(C#N)CC3CCCC(C2)N3c2ccccc2OC)c1. The molecule has 0 aliphatic carbocycles. The molecule has 4 nitrogen and oxygen atoms in total. The molecule has 0 saturated carbocycles. The van der Waals surface area contributed by atoms with E-state index in [4.69, 9.17) is 9.47 Å². The number of benzene rings is 2. The van der Waals surface area contributed by atoms with Crippen LogP contribution < -0.4 is 14.4 Å². The van der Waals surface area contributed by atoms with Gasteiger partial charge in [0.2, 0.25) is 0 Å². The normalized spacial score (nSPS) is 26.9. The molecule has 2 atom stereocenters. The van der Waals surface area contributed by atoms with Gasteiger partial charge in [0.1, 0.15) is 11.5 Å². The predicted molar refractivity (Wildman–Crippen MR) is 106 cm³/mol. The van der Waals surface area contributed by atoms with Crippen molar-refractivity contribution < 1.29 is 9.47 Å². The van der Waals surface area contributed by atoms with Gasteiger partial charge in [-0.05, 0) is 61.9 Å². The van der Waals surface area contributed by atoms with Crippen LogP contribution in [-0.4, -0.2) is 26.3 Å². The van der Waals surface area contributed by atoms with Gasteiger partial charge in [-0.15, -0.1) is 0 Å². The zero-order chi connectivity index (χ0) is 18.9. The van der Waals surface area contributed by atoms with Crippen molar-refractivity contribution in [3.63, 3.8) is 0 Å². The molecule has 0 amide bonds. The minimum Gasteiger partial charge on any atom is -0.497 e. The maximum atomic E-state index is 10.2. The van der Waals surface area contributed by atoms with Crippen LogP contribution in [0.15, 0.2) is 48.5 Å². The van der Waals surface area contributed by atoms with Gasteiger partial charge in [-0.3, -0.25) is 0 Å². The molecule has 2 aromatic rings. The molecule has 2 aliphatic heterocycles. The Labute approximate surface area is 161 Å². The van der Waals surface area contributed by atoms with Crippen molar-refractivity contribution in [2.75, 3.05) is 19.1 Å². The Hall–Kier alpha value is -2.67. The van der Waals surface area contributed by atoms with Crippen molar-refractivity contribution in [3.8, 4) is 17.6 Å². The van der Waals surface area contributed by atoms with Crippen LogP contribution in [0.1, 0.15) is 37.7 Å². The number of piperidine rings is 2. The number of anilines is 1. The molecule has 2 saturated heterocycles. The lowest BCUT2D eigenvalue weighted by Crippen LogP contribution is -2.56. The molecule has 0 radical (unpaired) electrons. The first kappa shape index (κ1) is 17.7. The lowest BCUT2D eigenvalue weighted by molar-refractivity contribution is 0.229. The number of ether oxygens (including phenoxy) is 2. The third-order valence-electron chi connectivity index (χ3n) is 6.23. The third kappa shape index (κ3) is 3.02. The Morgan fingerprint density at radius 1 is 1.00 bits per heavy atom. The summed E-state index contributed by atoms with van der Waals surface area (Å²) < 4.78 is 11.0. The van der Waals surface area contributed by atoms with E-state index in [1.54, 1.807) is 14.2 Å². The summed E-state index contributed by atoms with van der Waals surface area (Å²) in [5.74, 6) is 1.74. The molecule has 2 bridgehead atoms. The van der Waals surface area contributed by atoms with Gasteiger partial charge < -0.3 is 14.4 Å². The Bertz CT molecular complexity index is 843. The van der Waals surface area contributed by atoms with Crippen LogP contribution in [-0.2, 0) is 5.41 Å². The third-order valence-corrected chi connectivity index (χ3v) is 6.23. The number of hydrogen-bond donors (Lipinski definition) is 0. The van der Waals surface area contributed by atoms with E-state index in [0.29, 0.717) is 12.1 Å². The molecule has 0 spiro atoms. The molecular formula is C23H26N2O2. The molecule has 2 aliphatic rings. The Morgan fingerprint density at radius 3 is 2.41 bits per heavy atom. The van der Waals surface area contributed by atoms with Crippen LogP contribution in [0.2, 0.25) is 0 Å². The first-order valence-corrected chi connectivity index (χ1v) is 9.68. The number of hydrogen-bond acceptors (Lipinski definition) is 4. The molecule has 4 rings (SSSR count). The van der Waals surface area contributed by atoms with E-state index < -0.39 is 5.41 Å². The van der Waals surface area contributed by atoms with Gasteiger partial charge in [0, 0.05) is 12.1 Å². The quantitative estimate of drug-likeness (QED) is 0.792. The second kappa shape index (κ2) is 7.15. The van der Waals surface area contributed by atoms with Gasteiger partial charge in [-0.2, -0.15) is 5.26 Å². The summed E-state index contributed by atoms with van der Waals surface area (Å²) in [4.78, 5) is 2.53. The number of methoxy groups -OCH3 is 2. The minimum atomic E-state index is -0.456. The summed E-state index contributed by atoms with van der Waals surface area (Å²) in [5.41, 5.74) is 1.79. The van der Waals surface area contributed by atoms with E-state index in [1.165, 1.54) is 6.42 Å². The number of nitrogens with zero attached hydrogens (tertiary/aromatic N) is 2. The van der Waals surface area contributed by atoms with Crippen molar-refractivity contribution >= 4 is 5.69 Å². The summed E-state index contributed by atoms with van der Waals surface area (Å²) in [7, 11) is 3.41. The fraction of sp³-hybridized carbons (Fsp3) is 0.435. The summed E-state index contributed by atoms with van der Waals surface area (Å²) in [5, 5.41) is 10.2. The van der Waals surface area contributed by atoms with Gasteiger partial charge in [0.25, 0.3) is 0 Å². The lowest BCUT2D eigenvalue weighted by Gasteiger charge is -2.53. The molecule has 27 heavy (non-hydrogen) atoms. The molecule has 2 heterocycles. The molecule has 0 N–H and O–H groups in total. The van der Waals surface area contributed by atoms with Gasteiger partial charge in [-0.25, -0.2) is 0 Å². The predicted octanol–water partition coefficient (Wildman–Crippen LogP) is 4.69. The topological polar surface area (TPSA) is 45.5 Å². The molecular weight excluding hydrogens is 336 g/mol. The fourth-order valence-electron chi connectivity index (χ4n) is 5.00. The fourth-order valence-corrected chi connectivity index (χ4v) is 5.00. The first-order chi connectivity index (χ1) is 13.2. The highest BCUT2D eigenvalue weighted by atomic mass is 16.5. The maximum Gasteiger partial charge on any atom is 0.142 e. The highest BCUT2D eigenvalue weighted by Gasteiger charge is 2.48. The molecule has 140 valence electrons. The Balaban J connectivity index is 1.73. The van der Waals surface area contributed by atoms with Crippen molar-refractivity contribution in [1.82, 2.24) is 0 Å². The van der Waals surface area contributed by atoms with Crippen LogP contribution in [0.5, 0.6) is 11.5 Å². The second-order valence-electron chi connectivity index (χ2n) is 7.65. The zero-order valence-corrected chi connectivity index (χ0v) is 16.0. The highest BCUT2D eigenvalue weighted by molar-refractivity contribution is 5.61. The monoisotopic (exact) mass is 362 g/mol. The van der Waals surface area contributed by atoms with Crippen molar-refractivity contribution in [1.29, 1.82) is 5.26 Å². The van der Waals surface area contributed by atoms with E-state index in [1.807, 2.05) is 30.3 Å². The van der Waals surface area contributed by atoms with Crippen molar-refractivity contribution in [2.24, 2.45) is 0 Å². The van der Waals surface area contributed by atoms with Crippen molar-refractivity contribution in [3.05, 3.63) is 54.1 Å². The Morgan fingerprint density at radius 2 is 1.74 bits per heavy atom. The van der Waals surface area contributed by atoms with Crippen LogP contribution in [0.4, 0.5) is 5.69 Å². The molecule has 0 aromatic heterocycles. The van der Waals surface area contributed by atoms with Gasteiger partial charge >= 0.3 is 0 Å². The van der Waals surface area contributed by atoms with Crippen molar-refractivity contribution in [2.45, 2.75) is 49.6 Å². The molecule has 4 heteroatoms. The molecule has 2 fully saturated rings. The summed E-state index contributed by atoms with van der Waals surface area (Å²) in [6.45, 7) is 0. The van der Waals surface area contributed by atoms with E-state index in [0.717, 1.165) is 48.4 Å². The average Bonchev–Trinajstić information content (AvgIpc) is 2.72. The van der Waals surface area contributed by atoms with Crippen LogP contribution in [0.25, 0.3) is 0 Å². The van der Waals surface area contributed by atoms with Crippen LogP contribution in [0.3, 0.4) is 0 Å². The Kier molecular flexibility index (Phi) is 4.70. The molecule has 2 aromatic carbocycles. The summed E-state index contributed by atoms with van der Waals surface area (Å²) in [6, 6.07) is 19.7. The lowest BCUT2D eigenvalue weighted by atomic mass is 9.65.